The minimum Gasteiger partial charge on any atom is -0.284 e. The Kier molecular flexibility index (Phi) is 3.98. The quantitative estimate of drug-likeness (QED) is 0.275. The van der Waals surface area contributed by atoms with Crippen LogP contribution in [0, 0.1) is 8.48 Å². The molecular weight excluding hydrogens is 425 g/mol. The van der Waals surface area contributed by atoms with Crippen LogP contribution in [-0.2, 0) is 4.84 Å². The van der Waals surface area contributed by atoms with E-state index in [9.17, 15) is 9.70 Å². The van der Waals surface area contributed by atoms with Gasteiger partial charge in [-0.2, -0.15) is 0 Å². The van der Waals surface area contributed by atoms with Gasteiger partial charge < -0.3 is 0 Å². The average Bonchev–Trinajstić information content (AvgIpc) is 2.86. The van der Waals surface area contributed by atoms with Gasteiger partial charge in [-0.25, -0.2) is 19.7 Å². The summed E-state index contributed by atoms with van der Waals surface area (Å²) < 4.78 is 2.50. The van der Waals surface area contributed by atoms with Crippen LogP contribution in [0.15, 0.2) is 36.2 Å². The molecule has 22 heavy (non-hydrogen) atoms. The van der Waals surface area contributed by atoms with E-state index < -0.39 is 5.97 Å². The predicted octanol–water partition coefficient (Wildman–Crippen LogP) is 2.91. The first-order valence-corrected chi connectivity index (χ1v) is 7.25. The summed E-state index contributed by atoms with van der Waals surface area (Å²) in [5.41, 5.74) is 0.692. The molecule has 3 heterocycles. The molecule has 0 aromatic carbocycles. The second-order valence-electron chi connectivity index (χ2n) is 4.07. The summed E-state index contributed by atoms with van der Waals surface area (Å²) >= 11 is 8.18. The number of rotatable bonds is 3. The van der Waals surface area contributed by atoms with Crippen molar-refractivity contribution in [3.63, 3.8) is 0 Å². The minimum atomic E-state index is -0.863. The zero-order valence-electron chi connectivity index (χ0n) is 10.6. The fourth-order valence-electron chi connectivity index (χ4n) is 1.92. The van der Waals surface area contributed by atoms with Crippen LogP contribution in [-0.4, -0.2) is 25.5 Å². The molecule has 0 aliphatic heterocycles. The lowest BCUT2D eigenvalue weighted by Gasteiger charge is -2.04. The number of hydrogen-bond donors (Lipinski definition) is 0. The first kappa shape index (κ1) is 14.8. The molecular formula is C12H5ClIN5O3. The summed E-state index contributed by atoms with van der Waals surface area (Å²) in [5, 5.41) is 3.13. The van der Waals surface area contributed by atoms with E-state index in [1.54, 1.807) is 10.8 Å². The van der Waals surface area contributed by atoms with Crippen molar-refractivity contribution >= 4 is 51.2 Å². The van der Waals surface area contributed by atoms with Crippen molar-refractivity contribution in [3.05, 3.63) is 50.0 Å². The van der Waals surface area contributed by atoms with Crippen molar-refractivity contribution in [2.75, 3.05) is 0 Å². The fraction of sp³-hybridized carbons (Fsp3) is 0. The molecule has 0 radical (unpaired) electrons. The molecule has 0 aliphatic rings. The smallest absolute Gasteiger partial charge is 0.284 e. The van der Waals surface area contributed by atoms with E-state index in [0.29, 0.717) is 22.0 Å². The van der Waals surface area contributed by atoms with Gasteiger partial charge in [-0.1, -0.05) is 11.6 Å². The van der Waals surface area contributed by atoms with Gasteiger partial charge in [-0.3, -0.25) is 9.40 Å². The second kappa shape index (κ2) is 5.93. The Bertz CT molecular complexity index is 898. The third-order valence-electron chi connectivity index (χ3n) is 2.84. The van der Waals surface area contributed by atoms with Crippen LogP contribution >= 0.6 is 34.2 Å². The molecule has 3 aromatic heterocycles. The minimum absolute atomic E-state index is 0.140. The first-order chi connectivity index (χ1) is 10.6. The van der Waals surface area contributed by atoms with E-state index in [1.807, 2.05) is 0 Å². The molecule has 0 bridgehead atoms. The molecule has 0 fully saturated rings. The molecule has 0 saturated heterocycles. The second-order valence-corrected chi connectivity index (χ2v) is 5.59. The van der Waals surface area contributed by atoms with Crippen LogP contribution in [0.3, 0.4) is 0 Å². The number of nitrogens with zero attached hydrogens (tertiary/aromatic N) is 5. The summed E-state index contributed by atoms with van der Waals surface area (Å²) in [4.78, 5) is 38.0. The van der Waals surface area contributed by atoms with Crippen molar-refractivity contribution in [2.24, 2.45) is 5.34 Å². The maximum atomic E-state index is 11.5. The number of aromatic nitrogens is 4. The summed E-state index contributed by atoms with van der Waals surface area (Å²) in [6, 6.07) is 2.87. The zero-order chi connectivity index (χ0) is 15.7. The van der Waals surface area contributed by atoms with Gasteiger partial charge in [0.2, 0.25) is 0 Å². The molecule has 0 spiro atoms. The van der Waals surface area contributed by atoms with Crippen molar-refractivity contribution in [1.82, 2.24) is 19.5 Å². The maximum Gasteiger partial charge on any atom is 0.369 e. The summed E-state index contributed by atoms with van der Waals surface area (Å²) in [6.07, 6.45) is 4.52. The Morgan fingerprint density at radius 2 is 2.18 bits per heavy atom. The molecule has 0 unspecified atom stereocenters. The lowest BCUT2D eigenvalue weighted by Crippen LogP contribution is -2.04. The number of carbonyl (C=O) groups is 1. The largest absolute Gasteiger partial charge is 0.369 e. The molecule has 110 valence electrons. The Hall–Kier alpha value is -2.14. The predicted molar refractivity (Wildman–Crippen MR) is 85.6 cm³/mol. The van der Waals surface area contributed by atoms with Crippen LogP contribution in [0.1, 0.15) is 10.4 Å². The Morgan fingerprint density at radius 1 is 1.36 bits per heavy atom. The van der Waals surface area contributed by atoms with Gasteiger partial charge in [0.15, 0.2) is 11.0 Å². The van der Waals surface area contributed by atoms with Crippen LogP contribution in [0.25, 0.3) is 16.9 Å². The molecule has 0 atom stereocenters. The van der Waals surface area contributed by atoms with Crippen molar-refractivity contribution in [2.45, 2.75) is 0 Å². The van der Waals surface area contributed by atoms with Crippen molar-refractivity contribution in [1.29, 1.82) is 0 Å². The standard InChI is InChI=1S/C12H5ClIN5O3/c13-10-9-7(14)4-19(11(9)17-5-16-10)8-3-6(1-2-15-8)12(20)22-18-21/h1-5H. The zero-order valence-corrected chi connectivity index (χ0v) is 13.5. The summed E-state index contributed by atoms with van der Waals surface area (Å²) in [5.74, 6) is -0.444. The molecule has 10 heteroatoms. The third kappa shape index (κ3) is 2.52. The van der Waals surface area contributed by atoms with E-state index in [0.717, 1.165) is 3.57 Å². The highest BCUT2D eigenvalue weighted by Crippen LogP contribution is 2.28. The SMILES string of the molecule is O=NOC(=O)c1ccnc(-n2cc(I)c3c(Cl)ncnc32)c1. The molecule has 8 nitrogen and oxygen atoms in total. The highest BCUT2D eigenvalue weighted by atomic mass is 127. The third-order valence-corrected chi connectivity index (χ3v) is 3.94. The van der Waals surface area contributed by atoms with Crippen molar-refractivity contribution in [3.8, 4) is 5.82 Å². The number of hydrogen-bond acceptors (Lipinski definition) is 7. The number of halogens is 2. The molecule has 3 rings (SSSR count). The molecule has 0 aliphatic carbocycles. The molecule has 0 N–H and O–H groups in total. The van der Waals surface area contributed by atoms with E-state index >= 15 is 0 Å². The van der Waals surface area contributed by atoms with E-state index in [2.05, 4.69) is 47.7 Å². The lowest BCUT2D eigenvalue weighted by molar-refractivity contribution is 0.0508. The number of fused-ring (bicyclic) bond motifs is 1. The number of carbonyl (C=O) groups excluding carboxylic acids is 1. The molecule has 0 amide bonds. The van der Waals surface area contributed by atoms with Gasteiger partial charge in [-0.05, 0) is 34.7 Å². The van der Waals surface area contributed by atoms with Gasteiger partial charge in [-0.15, -0.1) is 4.91 Å². The van der Waals surface area contributed by atoms with Gasteiger partial charge in [0, 0.05) is 16.0 Å². The Morgan fingerprint density at radius 3 is 2.95 bits per heavy atom. The van der Waals surface area contributed by atoms with Gasteiger partial charge in [0.25, 0.3) is 0 Å². The molecule has 0 saturated carbocycles. The van der Waals surface area contributed by atoms with E-state index in [-0.39, 0.29) is 5.56 Å². The highest BCUT2D eigenvalue weighted by Gasteiger charge is 2.16. The van der Waals surface area contributed by atoms with Gasteiger partial charge in [0.1, 0.15) is 17.3 Å². The maximum absolute atomic E-state index is 11.5. The number of pyridine rings is 1. The topological polar surface area (TPSA) is 99.3 Å². The van der Waals surface area contributed by atoms with E-state index in [4.69, 9.17) is 11.6 Å². The van der Waals surface area contributed by atoms with Crippen molar-refractivity contribution < 1.29 is 9.63 Å². The van der Waals surface area contributed by atoms with E-state index in [1.165, 1.54) is 24.7 Å². The average molecular weight is 430 g/mol. The molecule has 3 aromatic rings. The highest BCUT2D eigenvalue weighted by molar-refractivity contribution is 14.1. The Labute approximate surface area is 141 Å². The van der Waals surface area contributed by atoms with Crippen LogP contribution in [0.5, 0.6) is 0 Å². The van der Waals surface area contributed by atoms with Crippen LogP contribution in [0.2, 0.25) is 5.15 Å². The normalized spacial score (nSPS) is 10.6. The van der Waals surface area contributed by atoms with Crippen LogP contribution < -0.4 is 0 Å². The Balaban J connectivity index is 2.16. The summed E-state index contributed by atoms with van der Waals surface area (Å²) in [7, 11) is 0. The van der Waals surface area contributed by atoms with Crippen LogP contribution in [0.4, 0.5) is 0 Å². The summed E-state index contributed by atoms with van der Waals surface area (Å²) in [6.45, 7) is 0. The fourth-order valence-corrected chi connectivity index (χ4v) is 3.09. The monoisotopic (exact) mass is 429 g/mol. The first-order valence-electron chi connectivity index (χ1n) is 5.79. The van der Waals surface area contributed by atoms with Gasteiger partial charge in [0.05, 0.1) is 10.9 Å². The van der Waals surface area contributed by atoms with Gasteiger partial charge >= 0.3 is 5.97 Å². The lowest BCUT2D eigenvalue weighted by atomic mass is 10.2.